The molecule has 176 valence electrons. The molecule has 2 aliphatic rings. The number of benzene rings is 2. The summed E-state index contributed by atoms with van der Waals surface area (Å²) in [4.78, 5) is 20.2. The largest absolute Gasteiger partial charge is 0.464 e. The number of aryl methyl sites for hydroxylation is 2. The lowest BCUT2D eigenvalue weighted by Crippen LogP contribution is -2.44. The van der Waals surface area contributed by atoms with Crippen LogP contribution in [-0.2, 0) is 9.53 Å². The molecule has 1 N–H and O–H groups in total. The molecule has 0 bridgehead atoms. The maximum Gasteiger partial charge on any atom is 0.223 e. The molecule has 2 saturated heterocycles. The van der Waals surface area contributed by atoms with Crippen LogP contribution in [0.4, 0.5) is 5.95 Å². The summed E-state index contributed by atoms with van der Waals surface area (Å²) in [7, 11) is 0. The van der Waals surface area contributed by atoms with Crippen molar-refractivity contribution in [3.8, 4) is 5.69 Å². The first-order valence-electron chi connectivity index (χ1n) is 12.2. The van der Waals surface area contributed by atoms with E-state index < -0.39 is 0 Å². The Morgan fingerprint density at radius 2 is 1.88 bits per heavy atom. The summed E-state index contributed by atoms with van der Waals surface area (Å²) < 4.78 is 13.3. The third-order valence-electron chi connectivity index (χ3n) is 7.37. The number of nitrogens with one attached hydrogen (secondary N) is 1. The molecule has 0 spiro atoms. The zero-order valence-corrected chi connectivity index (χ0v) is 19.7. The number of hydrogen-bond acceptors (Lipinski definition) is 5. The van der Waals surface area contributed by atoms with Crippen molar-refractivity contribution in [2.24, 2.45) is 5.92 Å². The first kappa shape index (κ1) is 21.2. The molecule has 0 aliphatic carbocycles. The maximum atomic E-state index is 12.8. The zero-order chi connectivity index (χ0) is 23.2. The van der Waals surface area contributed by atoms with E-state index in [0.29, 0.717) is 6.61 Å². The lowest BCUT2D eigenvalue weighted by atomic mass is 9.95. The lowest BCUT2D eigenvalue weighted by Gasteiger charge is -2.32. The fourth-order valence-electron chi connectivity index (χ4n) is 5.18. The minimum atomic E-state index is 0.0404. The number of piperidine rings is 1. The Bertz CT molecular complexity index is 1360. The fraction of sp³-hybridized carbons (Fsp3) is 0.407. The molecule has 6 rings (SSSR count). The molecule has 1 amide bonds. The number of rotatable bonds is 4. The first-order chi connectivity index (χ1) is 16.6. The zero-order valence-electron chi connectivity index (χ0n) is 19.7. The monoisotopic (exact) mass is 458 g/mol. The molecule has 2 aromatic carbocycles. The molecule has 2 fully saturated rings. The van der Waals surface area contributed by atoms with Crippen LogP contribution in [0.25, 0.3) is 27.7 Å². The number of carbonyl (C=O) groups excluding carboxylic acids is 1. The molecule has 4 aromatic rings. The molecule has 4 heterocycles. The van der Waals surface area contributed by atoms with Crippen LogP contribution in [0.5, 0.6) is 0 Å². The average molecular weight is 459 g/mol. The van der Waals surface area contributed by atoms with Gasteiger partial charge in [-0.15, -0.1) is 0 Å². The molecule has 0 saturated carbocycles. The number of furan rings is 1. The topological polar surface area (TPSA) is 72.5 Å². The van der Waals surface area contributed by atoms with Gasteiger partial charge in [0.05, 0.1) is 35.6 Å². The molecule has 0 radical (unpaired) electrons. The van der Waals surface area contributed by atoms with E-state index in [1.807, 2.05) is 6.07 Å². The van der Waals surface area contributed by atoms with Gasteiger partial charge in [-0.05, 0) is 74.6 Å². The van der Waals surface area contributed by atoms with Gasteiger partial charge in [-0.25, -0.2) is 4.98 Å². The number of carbonyl (C=O) groups is 1. The van der Waals surface area contributed by atoms with Crippen LogP contribution >= 0.6 is 0 Å². The second-order valence-corrected chi connectivity index (χ2v) is 9.65. The minimum absolute atomic E-state index is 0.0404. The molecule has 2 aliphatic heterocycles. The van der Waals surface area contributed by atoms with Crippen molar-refractivity contribution in [2.45, 2.75) is 39.2 Å². The highest BCUT2D eigenvalue weighted by Crippen LogP contribution is 2.33. The number of aromatic nitrogens is 2. The normalized spacial score (nSPS) is 19.4. The molecule has 2 aromatic heterocycles. The number of amides is 1. The fourth-order valence-corrected chi connectivity index (χ4v) is 5.18. The Balaban J connectivity index is 1.32. The number of imidazole rings is 1. The van der Waals surface area contributed by atoms with E-state index in [-0.39, 0.29) is 17.9 Å². The van der Waals surface area contributed by atoms with Crippen molar-refractivity contribution in [1.82, 2.24) is 14.9 Å². The maximum absolute atomic E-state index is 12.8. The van der Waals surface area contributed by atoms with Crippen LogP contribution in [0, 0.1) is 19.8 Å². The average Bonchev–Trinajstić information content (AvgIpc) is 3.59. The SMILES string of the molecule is Cc1cc2nc(N3CCC(C(=O)NC4CCOC4)CC3)n(-c3ccc4ccoc4c3)c2cc1C. The van der Waals surface area contributed by atoms with Crippen molar-refractivity contribution in [3.05, 3.63) is 53.8 Å². The van der Waals surface area contributed by atoms with Crippen molar-refractivity contribution >= 4 is 33.9 Å². The standard InChI is InChI=1S/C27H30N4O3/c1-17-13-23-24(14-18(17)2)31(22-4-3-19-7-12-34-25(19)15-22)27(29-23)30-9-5-20(6-10-30)26(32)28-21-8-11-33-16-21/h3-4,7,12-15,20-21H,5-6,8-11,16H2,1-2H3,(H,28,32). The predicted molar refractivity (Wildman–Crippen MR) is 133 cm³/mol. The highest BCUT2D eigenvalue weighted by atomic mass is 16.5. The molecular formula is C27H30N4O3. The lowest BCUT2D eigenvalue weighted by molar-refractivity contribution is -0.126. The highest BCUT2D eigenvalue weighted by Gasteiger charge is 2.30. The van der Waals surface area contributed by atoms with Crippen molar-refractivity contribution < 1.29 is 13.9 Å². The van der Waals surface area contributed by atoms with Gasteiger partial charge in [0.15, 0.2) is 0 Å². The summed E-state index contributed by atoms with van der Waals surface area (Å²) in [5, 5.41) is 4.26. The number of anilines is 1. The summed E-state index contributed by atoms with van der Waals surface area (Å²) in [5.41, 5.74) is 6.44. The van der Waals surface area contributed by atoms with Gasteiger partial charge in [-0.2, -0.15) is 0 Å². The Kier molecular flexibility index (Phi) is 5.29. The summed E-state index contributed by atoms with van der Waals surface area (Å²) >= 11 is 0. The van der Waals surface area contributed by atoms with Gasteiger partial charge in [-0.1, -0.05) is 0 Å². The number of hydrogen-bond donors (Lipinski definition) is 1. The molecule has 1 atom stereocenters. The third kappa shape index (κ3) is 3.74. The van der Waals surface area contributed by atoms with Crippen LogP contribution in [-0.4, -0.2) is 47.8 Å². The van der Waals surface area contributed by atoms with Gasteiger partial charge >= 0.3 is 0 Å². The van der Waals surface area contributed by atoms with Gasteiger partial charge in [0.2, 0.25) is 11.9 Å². The van der Waals surface area contributed by atoms with Gasteiger partial charge in [0.1, 0.15) is 5.58 Å². The van der Waals surface area contributed by atoms with Gasteiger partial charge in [0.25, 0.3) is 0 Å². The highest BCUT2D eigenvalue weighted by molar-refractivity contribution is 5.86. The van der Waals surface area contributed by atoms with Crippen molar-refractivity contribution in [2.75, 3.05) is 31.2 Å². The van der Waals surface area contributed by atoms with Crippen LogP contribution in [0.15, 0.2) is 47.1 Å². The summed E-state index contributed by atoms with van der Waals surface area (Å²) in [6, 6.07) is 12.8. The van der Waals surface area contributed by atoms with E-state index in [9.17, 15) is 4.79 Å². The Labute approximate surface area is 198 Å². The quantitative estimate of drug-likeness (QED) is 0.487. The second-order valence-electron chi connectivity index (χ2n) is 9.65. The van der Waals surface area contributed by atoms with Crippen LogP contribution in [0.1, 0.15) is 30.4 Å². The van der Waals surface area contributed by atoms with Crippen LogP contribution in [0.3, 0.4) is 0 Å². The van der Waals surface area contributed by atoms with Gasteiger partial charge in [-0.3, -0.25) is 9.36 Å². The Morgan fingerprint density at radius 1 is 1.06 bits per heavy atom. The second kappa shape index (κ2) is 8.47. The summed E-state index contributed by atoms with van der Waals surface area (Å²) in [6.07, 6.45) is 4.27. The van der Waals surface area contributed by atoms with Crippen molar-refractivity contribution in [3.63, 3.8) is 0 Å². The van der Waals surface area contributed by atoms with Gasteiger partial charge < -0.3 is 19.4 Å². The summed E-state index contributed by atoms with van der Waals surface area (Å²) in [5.74, 6) is 1.13. The number of fused-ring (bicyclic) bond motifs is 2. The first-order valence-corrected chi connectivity index (χ1v) is 12.2. The Hall–Kier alpha value is -3.32. The molecule has 7 heteroatoms. The smallest absolute Gasteiger partial charge is 0.223 e. The molecule has 34 heavy (non-hydrogen) atoms. The summed E-state index contributed by atoms with van der Waals surface area (Å²) in [6.45, 7) is 7.23. The van der Waals surface area contributed by atoms with E-state index in [1.165, 1.54) is 11.1 Å². The van der Waals surface area contributed by atoms with E-state index in [2.05, 4.69) is 59.0 Å². The molecule has 7 nitrogen and oxygen atoms in total. The minimum Gasteiger partial charge on any atom is -0.464 e. The van der Waals surface area contributed by atoms with E-state index in [1.54, 1.807) is 6.26 Å². The number of ether oxygens (including phenoxy) is 1. The van der Waals surface area contributed by atoms with E-state index >= 15 is 0 Å². The van der Waals surface area contributed by atoms with Gasteiger partial charge in [0, 0.05) is 37.1 Å². The number of nitrogens with zero attached hydrogens (tertiary/aromatic N) is 3. The van der Waals surface area contributed by atoms with Crippen LogP contribution < -0.4 is 10.2 Å². The van der Waals surface area contributed by atoms with E-state index in [4.69, 9.17) is 14.1 Å². The van der Waals surface area contributed by atoms with Crippen molar-refractivity contribution in [1.29, 1.82) is 0 Å². The van der Waals surface area contributed by atoms with Crippen LogP contribution in [0.2, 0.25) is 0 Å². The molecule has 1 unspecified atom stereocenters. The third-order valence-corrected chi connectivity index (χ3v) is 7.37. The predicted octanol–water partition coefficient (Wildman–Crippen LogP) is 4.51. The Morgan fingerprint density at radius 3 is 2.68 bits per heavy atom. The van der Waals surface area contributed by atoms with E-state index in [0.717, 1.165) is 72.6 Å². The molecular weight excluding hydrogens is 428 g/mol.